The van der Waals surface area contributed by atoms with Crippen LogP contribution in [0.15, 0.2) is 0 Å². The predicted molar refractivity (Wildman–Crippen MR) is 73.2 cm³/mol. The van der Waals surface area contributed by atoms with Crippen LogP contribution >= 0.6 is 22.6 Å². The molecule has 3 heteroatoms. The van der Waals surface area contributed by atoms with Crippen molar-refractivity contribution in [2.24, 2.45) is 5.41 Å². The van der Waals surface area contributed by atoms with Gasteiger partial charge in [-0.3, -0.25) is 4.68 Å². The fourth-order valence-corrected chi connectivity index (χ4v) is 2.82. The molecule has 0 atom stereocenters. The van der Waals surface area contributed by atoms with Crippen molar-refractivity contribution in [2.75, 3.05) is 0 Å². The maximum atomic E-state index is 4.69. The summed E-state index contributed by atoms with van der Waals surface area (Å²) in [6.45, 7) is 12.2. The number of aromatic nitrogens is 2. The standard InChI is InChI=1S/C12H21IN2/c1-6-9-11(13)10(7-2)15(14-9)8-12(3,4)5/h6-8H2,1-5H3. The summed E-state index contributed by atoms with van der Waals surface area (Å²) in [5.74, 6) is 0. The lowest BCUT2D eigenvalue weighted by atomic mass is 9.97. The first-order chi connectivity index (χ1) is 6.89. The minimum absolute atomic E-state index is 0.296. The highest BCUT2D eigenvalue weighted by Gasteiger charge is 2.18. The maximum absolute atomic E-state index is 4.69. The molecule has 0 N–H and O–H groups in total. The quantitative estimate of drug-likeness (QED) is 0.777. The first kappa shape index (κ1) is 13.0. The van der Waals surface area contributed by atoms with E-state index >= 15 is 0 Å². The lowest BCUT2D eigenvalue weighted by molar-refractivity contribution is 0.319. The summed E-state index contributed by atoms with van der Waals surface area (Å²) < 4.78 is 3.56. The van der Waals surface area contributed by atoms with E-state index < -0.39 is 0 Å². The van der Waals surface area contributed by atoms with Gasteiger partial charge in [-0.25, -0.2) is 0 Å². The Bertz CT molecular complexity index is 334. The molecule has 0 fully saturated rings. The van der Waals surface area contributed by atoms with E-state index in [1.54, 1.807) is 0 Å². The van der Waals surface area contributed by atoms with E-state index in [-0.39, 0.29) is 0 Å². The third kappa shape index (κ3) is 3.20. The Hall–Kier alpha value is -0.0600. The number of rotatable bonds is 3. The Morgan fingerprint density at radius 1 is 1.20 bits per heavy atom. The monoisotopic (exact) mass is 320 g/mol. The molecule has 0 aromatic carbocycles. The number of hydrogen-bond acceptors (Lipinski definition) is 1. The van der Waals surface area contributed by atoms with Gasteiger partial charge in [0.05, 0.1) is 15.0 Å². The van der Waals surface area contributed by atoms with E-state index in [2.05, 4.69) is 61.9 Å². The number of aryl methyl sites for hydroxylation is 1. The van der Waals surface area contributed by atoms with Crippen LogP contribution in [-0.2, 0) is 19.4 Å². The van der Waals surface area contributed by atoms with Gasteiger partial charge < -0.3 is 0 Å². The summed E-state index contributed by atoms with van der Waals surface area (Å²) in [7, 11) is 0. The molecule has 0 amide bonds. The zero-order valence-corrected chi connectivity index (χ0v) is 12.6. The largest absolute Gasteiger partial charge is 0.268 e. The van der Waals surface area contributed by atoms with Crippen LogP contribution in [0.25, 0.3) is 0 Å². The predicted octanol–water partition coefficient (Wildman–Crippen LogP) is 3.66. The van der Waals surface area contributed by atoms with Gasteiger partial charge in [0.1, 0.15) is 0 Å². The number of hydrogen-bond donors (Lipinski definition) is 0. The van der Waals surface area contributed by atoms with Gasteiger partial charge in [0.25, 0.3) is 0 Å². The van der Waals surface area contributed by atoms with Crippen LogP contribution in [0.5, 0.6) is 0 Å². The van der Waals surface area contributed by atoms with E-state index in [1.165, 1.54) is 15.0 Å². The van der Waals surface area contributed by atoms with Gasteiger partial charge in [-0.05, 0) is 40.8 Å². The summed E-state index contributed by atoms with van der Waals surface area (Å²) in [5.41, 5.74) is 2.93. The molecule has 0 aliphatic carbocycles. The van der Waals surface area contributed by atoms with E-state index in [0.29, 0.717) is 5.41 Å². The molecule has 1 aromatic heterocycles. The highest BCUT2D eigenvalue weighted by atomic mass is 127. The molecule has 0 radical (unpaired) electrons. The molecule has 1 rings (SSSR count). The molecular weight excluding hydrogens is 299 g/mol. The maximum Gasteiger partial charge on any atom is 0.0758 e. The summed E-state index contributed by atoms with van der Waals surface area (Å²) in [5, 5.41) is 4.69. The summed E-state index contributed by atoms with van der Waals surface area (Å²) in [4.78, 5) is 0. The smallest absolute Gasteiger partial charge is 0.0758 e. The summed E-state index contributed by atoms with van der Waals surface area (Å²) in [6.07, 6.45) is 2.10. The van der Waals surface area contributed by atoms with Crippen LogP contribution in [0, 0.1) is 8.99 Å². The average molecular weight is 320 g/mol. The second-order valence-electron chi connectivity index (χ2n) is 5.13. The second-order valence-corrected chi connectivity index (χ2v) is 6.21. The van der Waals surface area contributed by atoms with Gasteiger partial charge in [0.2, 0.25) is 0 Å². The zero-order chi connectivity index (χ0) is 11.6. The SMILES string of the molecule is CCc1nn(CC(C)(C)C)c(CC)c1I. The summed E-state index contributed by atoms with van der Waals surface area (Å²) in [6, 6.07) is 0. The molecule has 0 unspecified atom stereocenters. The Morgan fingerprint density at radius 2 is 1.80 bits per heavy atom. The highest BCUT2D eigenvalue weighted by molar-refractivity contribution is 14.1. The van der Waals surface area contributed by atoms with E-state index in [4.69, 9.17) is 5.10 Å². The van der Waals surface area contributed by atoms with E-state index in [1.807, 2.05) is 0 Å². The van der Waals surface area contributed by atoms with Crippen molar-refractivity contribution in [3.63, 3.8) is 0 Å². The molecule has 0 aliphatic heterocycles. The molecule has 0 saturated heterocycles. The zero-order valence-electron chi connectivity index (χ0n) is 10.4. The van der Waals surface area contributed by atoms with Crippen LogP contribution in [-0.4, -0.2) is 9.78 Å². The first-order valence-corrected chi connectivity index (χ1v) is 6.71. The normalized spacial score (nSPS) is 12.1. The van der Waals surface area contributed by atoms with Crippen molar-refractivity contribution in [3.05, 3.63) is 15.0 Å². The molecular formula is C12H21IN2. The van der Waals surface area contributed by atoms with Gasteiger partial charge in [-0.15, -0.1) is 0 Å². The molecule has 0 bridgehead atoms. The second kappa shape index (κ2) is 4.85. The minimum Gasteiger partial charge on any atom is -0.268 e. The van der Waals surface area contributed by atoms with Crippen LogP contribution in [0.1, 0.15) is 46.0 Å². The number of nitrogens with zero attached hydrogens (tertiary/aromatic N) is 2. The Balaban J connectivity index is 3.07. The Morgan fingerprint density at radius 3 is 2.20 bits per heavy atom. The average Bonchev–Trinajstić information content (AvgIpc) is 2.39. The van der Waals surface area contributed by atoms with E-state index in [9.17, 15) is 0 Å². The molecule has 1 aromatic rings. The molecule has 2 nitrogen and oxygen atoms in total. The van der Waals surface area contributed by atoms with Gasteiger partial charge in [0, 0.05) is 6.54 Å². The molecule has 15 heavy (non-hydrogen) atoms. The molecule has 0 saturated carbocycles. The lowest BCUT2D eigenvalue weighted by Crippen LogP contribution is -2.18. The fourth-order valence-electron chi connectivity index (χ4n) is 1.67. The topological polar surface area (TPSA) is 17.8 Å². The van der Waals surface area contributed by atoms with Crippen LogP contribution in [0.4, 0.5) is 0 Å². The van der Waals surface area contributed by atoms with Gasteiger partial charge in [-0.1, -0.05) is 34.6 Å². The first-order valence-electron chi connectivity index (χ1n) is 5.63. The van der Waals surface area contributed by atoms with E-state index in [0.717, 1.165) is 19.4 Å². The molecule has 1 heterocycles. The van der Waals surface area contributed by atoms with Gasteiger partial charge >= 0.3 is 0 Å². The van der Waals surface area contributed by atoms with Crippen molar-refractivity contribution in [1.82, 2.24) is 9.78 Å². The van der Waals surface area contributed by atoms with Crippen molar-refractivity contribution in [1.29, 1.82) is 0 Å². The fraction of sp³-hybridized carbons (Fsp3) is 0.750. The third-order valence-corrected chi connectivity index (χ3v) is 3.60. The Kier molecular flexibility index (Phi) is 4.20. The minimum atomic E-state index is 0.296. The summed E-state index contributed by atoms with van der Waals surface area (Å²) >= 11 is 2.43. The molecule has 0 aliphatic rings. The van der Waals surface area contributed by atoms with Crippen LogP contribution in [0.3, 0.4) is 0 Å². The van der Waals surface area contributed by atoms with Crippen molar-refractivity contribution in [2.45, 2.75) is 54.0 Å². The van der Waals surface area contributed by atoms with Crippen LogP contribution in [0.2, 0.25) is 0 Å². The van der Waals surface area contributed by atoms with Crippen molar-refractivity contribution >= 4 is 22.6 Å². The van der Waals surface area contributed by atoms with Crippen molar-refractivity contribution < 1.29 is 0 Å². The van der Waals surface area contributed by atoms with Crippen LogP contribution < -0.4 is 0 Å². The van der Waals surface area contributed by atoms with Crippen molar-refractivity contribution in [3.8, 4) is 0 Å². The number of halogens is 1. The highest BCUT2D eigenvalue weighted by Crippen LogP contribution is 2.23. The molecule has 0 spiro atoms. The van der Waals surface area contributed by atoms with Gasteiger partial charge in [-0.2, -0.15) is 5.10 Å². The third-order valence-electron chi connectivity index (χ3n) is 2.35. The molecule has 86 valence electrons. The van der Waals surface area contributed by atoms with Gasteiger partial charge in [0.15, 0.2) is 0 Å². The Labute approximate surface area is 107 Å². The lowest BCUT2D eigenvalue weighted by Gasteiger charge is -2.19.